The molecule has 0 spiro atoms. The minimum atomic E-state index is -0.420. The van der Waals surface area contributed by atoms with Crippen LogP contribution in [-0.2, 0) is 4.74 Å². The van der Waals surface area contributed by atoms with Gasteiger partial charge in [-0.1, -0.05) is 25.1 Å². The first-order chi connectivity index (χ1) is 18.7. The van der Waals surface area contributed by atoms with Crippen molar-refractivity contribution < 1.29 is 24.2 Å². The summed E-state index contributed by atoms with van der Waals surface area (Å²) in [5.41, 5.74) is 1.47. The van der Waals surface area contributed by atoms with Gasteiger partial charge in [0.15, 0.2) is 0 Å². The van der Waals surface area contributed by atoms with Crippen LogP contribution in [0.15, 0.2) is 48.5 Å². The van der Waals surface area contributed by atoms with E-state index in [1.54, 1.807) is 35.2 Å². The average Bonchev–Trinajstić information content (AvgIpc) is 2.90. The van der Waals surface area contributed by atoms with Crippen LogP contribution in [0.3, 0.4) is 0 Å². The van der Waals surface area contributed by atoms with E-state index >= 15 is 0 Å². The number of ether oxygens (including phenoxy) is 2. The number of para-hydroxylation sites is 1. The summed E-state index contributed by atoms with van der Waals surface area (Å²) < 4.78 is 12.5. The maximum atomic E-state index is 14.1. The van der Waals surface area contributed by atoms with E-state index < -0.39 is 12.1 Å². The minimum Gasteiger partial charge on any atom is -0.490 e. The quantitative estimate of drug-likeness (QED) is 0.491. The van der Waals surface area contributed by atoms with Gasteiger partial charge in [-0.05, 0) is 77.5 Å². The Morgan fingerprint density at radius 3 is 2.51 bits per heavy atom. The lowest BCUT2D eigenvalue weighted by Gasteiger charge is -2.35. The Morgan fingerprint density at radius 2 is 1.82 bits per heavy atom. The van der Waals surface area contributed by atoms with Crippen LogP contribution in [-0.4, -0.2) is 85.5 Å². The molecule has 1 heterocycles. The van der Waals surface area contributed by atoms with Gasteiger partial charge in [-0.2, -0.15) is 0 Å². The van der Waals surface area contributed by atoms with Crippen molar-refractivity contribution in [3.8, 4) is 5.75 Å². The molecule has 0 fully saturated rings. The summed E-state index contributed by atoms with van der Waals surface area (Å²) >= 11 is 0. The molecule has 39 heavy (non-hydrogen) atoms. The van der Waals surface area contributed by atoms with Crippen LogP contribution in [0.2, 0.25) is 0 Å². The molecule has 0 radical (unpaired) electrons. The van der Waals surface area contributed by atoms with Gasteiger partial charge in [0.05, 0.1) is 30.4 Å². The first-order valence-corrected chi connectivity index (χ1v) is 13.8. The number of carbonyl (C=O) groups is 2. The van der Waals surface area contributed by atoms with Gasteiger partial charge in [-0.15, -0.1) is 0 Å². The number of likely N-dealkylation sites (N-methyl/N-ethyl adjacent to an activating group) is 1. The zero-order valence-corrected chi connectivity index (χ0v) is 23.9. The molecular weight excluding hydrogens is 496 g/mol. The van der Waals surface area contributed by atoms with Crippen molar-refractivity contribution in [3.63, 3.8) is 0 Å². The molecule has 0 unspecified atom stereocenters. The second-order valence-electron chi connectivity index (χ2n) is 10.7. The molecule has 0 saturated carbocycles. The van der Waals surface area contributed by atoms with Crippen molar-refractivity contribution in [2.24, 2.45) is 5.92 Å². The highest BCUT2D eigenvalue weighted by Gasteiger charge is 2.30. The monoisotopic (exact) mass is 540 g/mol. The molecule has 9 heteroatoms. The van der Waals surface area contributed by atoms with Crippen molar-refractivity contribution in [1.29, 1.82) is 0 Å². The number of hydrogen-bond acceptors (Lipinski definition) is 6. The summed E-state index contributed by atoms with van der Waals surface area (Å²) in [6.45, 7) is 7.50. The summed E-state index contributed by atoms with van der Waals surface area (Å²) in [4.78, 5) is 30.5. The number of benzene rings is 2. The van der Waals surface area contributed by atoms with Gasteiger partial charge in [0.2, 0.25) is 0 Å². The lowest BCUT2D eigenvalue weighted by Crippen LogP contribution is -2.47. The number of rotatable bonds is 6. The number of anilines is 2. The topological polar surface area (TPSA) is 103 Å². The summed E-state index contributed by atoms with van der Waals surface area (Å²) in [5.74, 6) is 0.218. The predicted molar refractivity (Wildman–Crippen MR) is 155 cm³/mol. The van der Waals surface area contributed by atoms with Crippen molar-refractivity contribution in [1.82, 2.24) is 9.80 Å². The van der Waals surface area contributed by atoms with E-state index in [1.165, 1.54) is 0 Å². The van der Waals surface area contributed by atoms with E-state index in [1.807, 2.05) is 46.1 Å². The fourth-order valence-electron chi connectivity index (χ4n) is 4.64. The third-order valence-electron chi connectivity index (χ3n) is 6.89. The maximum Gasteiger partial charge on any atom is 0.323 e. The number of fused-ring (bicyclic) bond motifs is 1. The van der Waals surface area contributed by atoms with Gasteiger partial charge in [0, 0.05) is 37.0 Å². The lowest BCUT2D eigenvalue weighted by molar-refractivity contribution is -0.0137. The normalized spacial score (nSPS) is 21.9. The first kappa shape index (κ1) is 30.4. The number of urea groups is 1. The van der Waals surface area contributed by atoms with Crippen LogP contribution in [0.1, 0.15) is 50.4 Å². The molecule has 0 bridgehead atoms. The molecule has 0 aromatic heterocycles. The molecular formula is C30H44N4O5. The first-order valence-electron chi connectivity index (χ1n) is 13.8. The van der Waals surface area contributed by atoms with Crippen molar-refractivity contribution >= 4 is 23.3 Å². The second kappa shape index (κ2) is 14.9. The van der Waals surface area contributed by atoms with Crippen molar-refractivity contribution in [2.75, 3.05) is 51.0 Å². The van der Waals surface area contributed by atoms with Crippen molar-refractivity contribution in [2.45, 2.75) is 58.3 Å². The molecule has 2 aromatic rings. The van der Waals surface area contributed by atoms with Gasteiger partial charge in [0.25, 0.3) is 5.91 Å². The van der Waals surface area contributed by atoms with Gasteiger partial charge in [-0.25, -0.2) is 4.79 Å². The zero-order valence-electron chi connectivity index (χ0n) is 23.9. The minimum absolute atomic E-state index is 0.0227. The number of nitrogens with one attached hydrogen (secondary N) is 2. The summed E-state index contributed by atoms with van der Waals surface area (Å²) in [6.07, 6.45) is 2.51. The predicted octanol–water partition coefficient (Wildman–Crippen LogP) is 4.69. The standard InChI is InChI=1S/C30H44N4O5/c1-21-18-34(22(2)20-35)29(36)26-17-25(32-30(37)31-24-12-7-6-8-13-24)14-15-27(26)39-23(3)11-9-10-16-38-28(21)19-33(4)5/h6-8,12-15,17,21-23,28,35H,9-11,16,18-20H2,1-5H3,(H2,31,32,37)/t21-,22+,23-,28-/m1/s1. The maximum absolute atomic E-state index is 14.1. The van der Waals surface area contributed by atoms with Crippen LogP contribution >= 0.6 is 0 Å². The average molecular weight is 541 g/mol. The Labute approximate surface area is 232 Å². The van der Waals surface area contributed by atoms with E-state index in [0.29, 0.717) is 35.8 Å². The Morgan fingerprint density at radius 1 is 1.10 bits per heavy atom. The highest BCUT2D eigenvalue weighted by Crippen LogP contribution is 2.28. The lowest BCUT2D eigenvalue weighted by atomic mass is 10.0. The van der Waals surface area contributed by atoms with Crippen LogP contribution in [0.4, 0.5) is 16.2 Å². The second-order valence-corrected chi connectivity index (χ2v) is 10.7. The summed E-state index contributed by atoms with van der Waals surface area (Å²) in [6, 6.07) is 13.4. The number of carbonyl (C=O) groups excluding carboxylic acids is 2. The number of aliphatic hydroxyl groups is 1. The summed E-state index contributed by atoms with van der Waals surface area (Å²) in [7, 11) is 4.02. The van der Waals surface area contributed by atoms with Crippen LogP contribution in [0.5, 0.6) is 5.75 Å². The van der Waals surface area contributed by atoms with Crippen LogP contribution < -0.4 is 15.4 Å². The molecule has 1 aliphatic rings. The number of nitrogens with zero attached hydrogens (tertiary/aromatic N) is 2. The molecule has 3 N–H and O–H groups in total. The van der Waals surface area contributed by atoms with Crippen LogP contribution in [0.25, 0.3) is 0 Å². The molecule has 3 rings (SSSR count). The third-order valence-corrected chi connectivity index (χ3v) is 6.89. The zero-order chi connectivity index (χ0) is 28.4. The third kappa shape index (κ3) is 9.23. The summed E-state index contributed by atoms with van der Waals surface area (Å²) in [5, 5.41) is 15.7. The molecule has 2 aromatic carbocycles. The van der Waals surface area contributed by atoms with Gasteiger partial charge in [-0.3, -0.25) is 4.79 Å². The molecule has 9 nitrogen and oxygen atoms in total. The van der Waals surface area contributed by atoms with Gasteiger partial charge >= 0.3 is 6.03 Å². The molecule has 1 aliphatic heterocycles. The molecule has 0 saturated heterocycles. The van der Waals surface area contributed by atoms with Gasteiger partial charge in [0.1, 0.15) is 5.75 Å². The van der Waals surface area contributed by atoms with Crippen LogP contribution in [0, 0.1) is 5.92 Å². The fourth-order valence-corrected chi connectivity index (χ4v) is 4.64. The Balaban J connectivity index is 1.93. The van der Waals surface area contributed by atoms with Crippen molar-refractivity contribution in [3.05, 3.63) is 54.1 Å². The fraction of sp³-hybridized carbons (Fsp3) is 0.533. The SMILES string of the molecule is C[C@@H]1CCCCO[C@H](CN(C)C)[C@H](C)CN([C@@H](C)CO)C(=O)c2cc(NC(=O)Nc3ccccc3)ccc2O1. The Bertz CT molecular complexity index is 1060. The Hall–Kier alpha value is -3.14. The van der Waals surface area contributed by atoms with E-state index in [2.05, 4.69) is 22.5 Å². The Kier molecular flexibility index (Phi) is 11.6. The molecule has 0 aliphatic carbocycles. The van der Waals surface area contributed by atoms with E-state index in [9.17, 15) is 14.7 Å². The largest absolute Gasteiger partial charge is 0.490 e. The van der Waals surface area contributed by atoms with E-state index in [4.69, 9.17) is 9.47 Å². The number of aliphatic hydroxyl groups excluding tert-OH is 1. The molecule has 4 atom stereocenters. The molecule has 3 amide bonds. The smallest absolute Gasteiger partial charge is 0.323 e. The van der Waals surface area contributed by atoms with Gasteiger partial charge < -0.3 is 35.0 Å². The van der Waals surface area contributed by atoms with E-state index in [0.717, 1.165) is 25.8 Å². The van der Waals surface area contributed by atoms with E-state index in [-0.39, 0.29) is 30.6 Å². The number of hydrogen-bond donors (Lipinski definition) is 3. The highest BCUT2D eigenvalue weighted by molar-refractivity contribution is 6.02. The number of amides is 3. The highest BCUT2D eigenvalue weighted by atomic mass is 16.5. The molecule has 214 valence electrons.